The van der Waals surface area contributed by atoms with Gasteiger partial charge in [-0.15, -0.1) is 0 Å². The molecule has 1 aliphatic heterocycles. The van der Waals surface area contributed by atoms with Gasteiger partial charge >= 0.3 is 0 Å². The van der Waals surface area contributed by atoms with Crippen LogP contribution in [0.3, 0.4) is 0 Å². The molecule has 4 nitrogen and oxygen atoms in total. The van der Waals surface area contributed by atoms with Gasteiger partial charge in [-0.25, -0.2) is 0 Å². The van der Waals surface area contributed by atoms with Gasteiger partial charge in [0.15, 0.2) is 11.5 Å². The van der Waals surface area contributed by atoms with Gasteiger partial charge in [0.2, 0.25) is 5.75 Å². The second kappa shape index (κ2) is 9.78. The van der Waals surface area contributed by atoms with Gasteiger partial charge in [0.05, 0.1) is 5.84 Å². The first-order valence-corrected chi connectivity index (χ1v) is 9.95. The zero-order valence-corrected chi connectivity index (χ0v) is 17.3. The van der Waals surface area contributed by atoms with Crippen LogP contribution in [-0.2, 0) is 6.42 Å². The van der Waals surface area contributed by atoms with Crippen molar-refractivity contribution in [2.45, 2.75) is 33.6 Å². The Kier molecular flexibility index (Phi) is 6.90. The van der Waals surface area contributed by atoms with Crippen LogP contribution in [0.5, 0.6) is 23.0 Å². The molecular formula is C25H28N2O2. The van der Waals surface area contributed by atoms with Gasteiger partial charge in [-0.2, -0.15) is 0 Å². The molecule has 0 aromatic heterocycles. The topological polar surface area (TPSA) is 56.8 Å². The van der Waals surface area contributed by atoms with Crippen molar-refractivity contribution in [1.82, 2.24) is 0 Å². The molecule has 0 amide bonds. The monoisotopic (exact) mass is 388 g/mol. The standard InChI is InChI=1S/C13H20N2.C12H8O2/c1-4-7-15-13(14)9-12-6-5-10(2)11(3)8-12;1-2-5-9(6-3-1)13-12-10-7-4-8-11(12)14-10/h5-6,8H,4,7,9H2,1-3H3,(H2,14,15);1-8H. The summed E-state index contributed by atoms with van der Waals surface area (Å²) in [5.41, 5.74) is 9.71. The Hall–Kier alpha value is -3.27. The Morgan fingerprint density at radius 2 is 1.66 bits per heavy atom. The lowest BCUT2D eigenvalue weighted by atomic mass is 10.0. The number of hydrogen-bond acceptors (Lipinski definition) is 3. The molecule has 150 valence electrons. The number of nitrogens with zero attached hydrogens (tertiary/aromatic N) is 1. The number of aryl methyl sites for hydroxylation is 2. The van der Waals surface area contributed by atoms with E-state index in [0.717, 1.165) is 48.2 Å². The average Bonchev–Trinajstić information content (AvgIpc) is 2.75. The van der Waals surface area contributed by atoms with E-state index in [1.54, 1.807) is 0 Å². The molecule has 29 heavy (non-hydrogen) atoms. The summed E-state index contributed by atoms with van der Waals surface area (Å²) in [5.74, 6) is 4.03. The van der Waals surface area contributed by atoms with E-state index in [9.17, 15) is 0 Å². The Bertz CT molecular complexity index is 961. The van der Waals surface area contributed by atoms with Crippen LogP contribution >= 0.6 is 0 Å². The lowest BCUT2D eigenvalue weighted by Crippen LogP contribution is -2.15. The zero-order valence-electron chi connectivity index (χ0n) is 17.3. The van der Waals surface area contributed by atoms with Gasteiger partial charge in [0.1, 0.15) is 5.75 Å². The number of amidine groups is 1. The van der Waals surface area contributed by atoms with Crippen LogP contribution in [-0.4, -0.2) is 12.4 Å². The number of hydrogen-bond donors (Lipinski definition) is 1. The largest absolute Gasteiger partial charge is 0.449 e. The van der Waals surface area contributed by atoms with Crippen LogP contribution in [0.2, 0.25) is 0 Å². The maximum Gasteiger partial charge on any atom is 0.212 e. The summed E-state index contributed by atoms with van der Waals surface area (Å²) < 4.78 is 10.9. The second-order valence-electron chi connectivity index (χ2n) is 7.07. The predicted molar refractivity (Wildman–Crippen MR) is 119 cm³/mol. The highest BCUT2D eigenvalue weighted by Gasteiger charge is 2.23. The van der Waals surface area contributed by atoms with Crippen molar-refractivity contribution in [3.8, 4) is 23.0 Å². The normalized spacial score (nSPS) is 11.6. The first-order valence-electron chi connectivity index (χ1n) is 9.95. The molecule has 0 spiro atoms. The van der Waals surface area contributed by atoms with E-state index in [1.165, 1.54) is 16.7 Å². The molecule has 3 aromatic carbocycles. The fraction of sp³-hybridized carbons (Fsp3) is 0.240. The van der Waals surface area contributed by atoms with Crippen molar-refractivity contribution in [3.63, 3.8) is 0 Å². The summed E-state index contributed by atoms with van der Waals surface area (Å²) in [6.07, 6.45) is 1.81. The minimum Gasteiger partial charge on any atom is -0.449 e. The summed E-state index contributed by atoms with van der Waals surface area (Å²) in [6.45, 7) is 7.18. The summed E-state index contributed by atoms with van der Waals surface area (Å²) in [5, 5.41) is 0. The molecule has 1 aliphatic rings. The van der Waals surface area contributed by atoms with E-state index < -0.39 is 0 Å². The van der Waals surface area contributed by atoms with Gasteiger partial charge in [-0.1, -0.05) is 49.4 Å². The molecule has 0 saturated carbocycles. The van der Waals surface area contributed by atoms with Gasteiger partial charge in [-0.05, 0) is 61.2 Å². The number of fused-ring (bicyclic) bond motifs is 2. The van der Waals surface area contributed by atoms with Crippen molar-refractivity contribution < 1.29 is 9.47 Å². The van der Waals surface area contributed by atoms with Crippen LogP contribution in [0, 0.1) is 13.8 Å². The fourth-order valence-corrected chi connectivity index (χ4v) is 2.87. The zero-order chi connectivity index (χ0) is 20.6. The third-order valence-corrected chi connectivity index (χ3v) is 4.62. The lowest BCUT2D eigenvalue weighted by molar-refractivity contribution is 0.344. The number of nitrogens with two attached hydrogens (primary N) is 1. The number of para-hydroxylation sites is 2. The van der Waals surface area contributed by atoms with Crippen LogP contribution in [0.4, 0.5) is 0 Å². The van der Waals surface area contributed by atoms with Crippen LogP contribution < -0.4 is 15.2 Å². The fourth-order valence-electron chi connectivity index (χ4n) is 2.87. The molecule has 4 rings (SSSR count). The first-order chi connectivity index (χ1) is 14.1. The molecule has 2 N–H and O–H groups in total. The number of benzene rings is 3. The molecule has 0 aliphatic carbocycles. The Labute approximate surface area is 173 Å². The molecule has 0 radical (unpaired) electrons. The van der Waals surface area contributed by atoms with Gasteiger partial charge in [-0.3, -0.25) is 4.99 Å². The maximum atomic E-state index is 5.83. The highest BCUT2D eigenvalue weighted by atomic mass is 16.6. The number of rotatable bonds is 6. The van der Waals surface area contributed by atoms with E-state index in [1.807, 2.05) is 48.5 Å². The molecule has 4 heteroatoms. The molecule has 0 fully saturated rings. The molecule has 0 unspecified atom stereocenters. The van der Waals surface area contributed by atoms with E-state index in [0.29, 0.717) is 0 Å². The smallest absolute Gasteiger partial charge is 0.212 e. The van der Waals surface area contributed by atoms with Crippen molar-refractivity contribution in [1.29, 1.82) is 0 Å². The molecule has 2 bridgehead atoms. The van der Waals surface area contributed by atoms with E-state index in [-0.39, 0.29) is 0 Å². The minimum atomic E-state index is 0.736. The van der Waals surface area contributed by atoms with Gasteiger partial charge < -0.3 is 15.2 Å². The summed E-state index contributed by atoms with van der Waals surface area (Å²) >= 11 is 0. The van der Waals surface area contributed by atoms with Gasteiger partial charge in [0.25, 0.3) is 0 Å². The maximum absolute atomic E-state index is 5.83. The van der Waals surface area contributed by atoms with E-state index in [2.05, 4.69) is 44.0 Å². The third-order valence-electron chi connectivity index (χ3n) is 4.62. The minimum absolute atomic E-state index is 0.736. The number of aliphatic imine (C=N–C) groups is 1. The van der Waals surface area contributed by atoms with Gasteiger partial charge in [0, 0.05) is 13.0 Å². The summed E-state index contributed by atoms with van der Waals surface area (Å²) in [6, 6.07) is 21.9. The summed E-state index contributed by atoms with van der Waals surface area (Å²) in [7, 11) is 0. The number of ether oxygens (including phenoxy) is 2. The second-order valence-corrected chi connectivity index (χ2v) is 7.07. The third kappa shape index (κ3) is 5.61. The molecular weight excluding hydrogens is 360 g/mol. The molecule has 1 heterocycles. The van der Waals surface area contributed by atoms with E-state index >= 15 is 0 Å². The van der Waals surface area contributed by atoms with Crippen molar-refractivity contribution >= 4 is 5.84 Å². The summed E-state index contributed by atoms with van der Waals surface area (Å²) in [4.78, 5) is 4.28. The molecule has 0 saturated heterocycles. The van der Waals surface area contributed by atoms with Crippen molar-refractivity contribution in [2.24, 2.45) is 10.7 Å². The van der Waals surface area contributed by atoms with Crippen LogP contribution in [0.25, 0.3) is 0 Å². The molecule has 0 atom stereocenters. The Balaban J connectivity index is 0.000000166. The predicted octanol–water partition coefficient (Wildman–Crippen LogP) is 6.20. The van der Waals surface area contributed by atoms with Crippen molar-refractivity contribution in [3.05, 3.63) is 83.4 Å². The highest BCUT2D eigenvalue weighted by Crippen LogP contribution is 2.51. The Morgan fingerprint density at radius 3 is 2.28 bits per heavy atom. The molecule has 3 aromatic rings. The van der Waals surface area contributed by atoms with E-state index in [4.69, 9.17) is 15.2 Å². The highest BCUT2D eigenvalue weighted by molar-refractivity contribution is 5.82. The Morgan fingerprint density at radius 1 is 0.931 bits per heavy atom. The van der Waals surface area contributed by atoms with Crippen molar-refractivity contribution in [2.75, 3.05) is 6.54 Å². The SMILES string of the molecule is CCCN=C(N)Cc1ccc(C)c(C)c1.c1ccc(Oc2c3cccc2O3)cc1. The van der Waals surface area contributed by atoms with Crippen LogP contribution in [0.15, 0.2) is 71.7 Å². The average molecular weight is 389 g/mol. The first kappa shape index (κ1) is 20.5. The van der Waals surface area contributed by atoms with Crippen LogP contribution in [0.1, 0.15) is 30.0 Å². The quantitative estimate of drug-likeness (QED) is 0.316. The lowest BCUT2D eigenvalue weighted by Gasteiger charge is -2.22.